The van der Waals surface area contributed by atoms with Gasteiger partial charge in [-0.2, -0.15) is 0 Å². The van der Waals surface area contributed by atoms with Crippen LogP contribution in [0.4, 0.5) is 0 Å². The molecule has 80 valence electrons. The second-order valence-corrected chi connectivity index (χ2v) is 3.33. The van der Waals surface area contributed by atoms with E-state index in [9.17, 15) is 0 Å². The first-order valence-corrected chi connectivity index (χ1v) is 5.69. The van der Waals surface area contributed by atoms with E-state index < -0.39 is 0 Å². The average Bonchev–Trinajstić information content (AvgIpc) is 2.99. The topological polar surface area (TPSA) is 6.48 Å². The van der Waals surface area contributed by atoms with E-state index in [0.717, 1.165) is 12.1 Å². The summed E-state index contributed by atoms with van der Waals surface area (Å²) < 4.78 is 0. The minimum absolute atomic E-state index is 0.906. The Bertz CT molecular complexity index is 111. The lowest BCUT2D eigenvalue weighted by molar-refractivity contribution is 0.176. The van der Waals surface area contributed by atoms with Gasteiger partial charge in [0.2, 0.25) is 0 Å². The maximum absolute atomic E-state index is 2.48. The number of likely N-dealkylation sites (N-methyl/N-ethyl adjacent to an activating group) is 2. The number of hydrogen-bond acceptors (Lipinski definition) is 2. The van der Waals surface area contributed by atoms with E-state index in [-0.39, 0.29) is 0 Å². The summed E-state index contributed by atoms with van der Waals surface area (Å²) in [5.74, 6) is 0. The standard InChI is InChI=1S/C7H14N2.2C2H6/c1-8-3-4-9(2)7-5-6(7)8;2*1-2/h6-7H,3-5H2,1-2H3;2*1-2H3. The summed E-state index contributed by atoms with van der Waals surface area (Å²) in [4.78, 5) is 4.95. The highest BCUT2D eigenvalue weighted by atomic mass is 15.3. The first-order valence-electron chi connectivity index (χ1n) is 5.69. The molecule has 13 heavy (non-hydrogen) atoms. The lowest BCUT2D eigenvalue weighted by atomic mass is 10.4. The van der Waals surface area contributed by atoms with Crippen molar-refractivity contribution in [2.45, 2.75) is 46.2 Å². The summed E-state index contributed by atoms with van der Waals surface area (Å²) in [7, 11) is 4.47. The van der Waals surface area contributed by atoms with Crippen LogP contribution < -0.4 is 0 Å². The largest absolute Gasteiger partial charge is 0.301 e. The zero-order chi connectivity index (χ0) is 10.4. The van der Waals surface area contributed by atoms with Crippen molar-refractivity contribution >= 4 is 0 Å². The molecular weight excluding hydrogens is 160 g/mol. The van der Waals surface area contributed by atoms with Gasteiger partial charge in [-0.15, -0.1) is 0 Å². The molecule has 0 N–H and O–H groups in total. The third kappa shape index (κ3) is 3.28. The summed E-state index contributed by atoms with van der Waals surface area (Å²) >= 11 is 0. The molecule has 1 saturated carbocycles. The Morgan fingerprint density at radius 2 is 1.08 bits per heavy atom. The average molecular weight is 186 g/mol. The summed E-state index contributed by atoms with van der Waals surface area (Å²) in [5, 5.41) is 0. The van der Waals surface area contributed by atoms with Gasteiger partial charge in [-0.05, 0) is 20.5 Å². The molecule has 2 nitrogen and oxygen atoms in total. The van der Waals surface area contributed by atoms with Gasteiger partial charge in [0.25, 0.3) is 0 Å². The van der Waals surface area contributed by atoms with E-state index in [1.807, 2.05) is 27.7 Å². The molecule has 0 bridgehead atoms. The molecule has 0 spiro atoms. The molecule has 1 aliphatic heterocycles. The van der Waals surface area contributed by atoms with Crippen molar-refractivity contribution in [3.05, 3.63) is 0 Å². The predicted molar refractivity (Wildman–Crippen MR) is 60.1 cm³/mol. The number of piperazine rings is 1. The highest BCUT2D eigenvalue weighted by molar-refractivity contribution is 5.03. The molecule has 2 aliphatic rings. The Morgan fingerprint density at radius 1 is 0.769 bits per heavy atom. The van der Waals surface area contributed by atoms with Gasteiger partial charge in [0.1, 0.15) is 0 Å². The van der Waals surface area contributed by atoms with Crippen LogP contribution in [0.2, 0.25) is 0 Å². The van der Waals surface area contributed by atoms with Crippen LogP contribution in [-0.4, -0.2) is 49.1 Å². The van der Waals surface area contributed by atoms with Crippen LogP contribution in [0, 0.1) is 0 Å². The zero-order valence-electron chi connectivity index (χ0n) is 10.2. The number of fused-ring (bicyclic) bond motifs is 1. The monoisotopic (exact) mass is 186 g/mol. The molecule has 0 aromatic rings. The van der Waals surface area contributed by atoms with Crippen molar-refractivity contribution in [2.24, 2.45) is 0 Å². The van der Waals surface area contributed by atoms with E-state index in [4.69, 9.17) is 0 Å². The maximum Gasteiger partial charge on any atom is 0.0265 e. The molecule has 0 aromatic heterocycles. The Morgan fingerprint density at radius 3 is 1.38 bits per heavy atom. The van der Waals surface area contributed by atoms with Crippen LogP contribution in [-0.2, 0) is 0 Å². The fourth-order valence-electron chi connectivity index (χ4n) is 1.76. The quantitative estimate of drug-likeness (QED) is 0.571. The molecule has 0 aromatic carbocycles. The van der Waals surface area contributed by atoms with E-state index in [1.54, 1.807) is 0 Å². The smallest absolute Gasteiger partial charge is 0.0265 e. The van der Waals surface area contributed by atoms with Crippen molar-refractivity contribution < 1.29 is 0 Å². The summed E-state index contributed by atoms with van der Waals surface area (Å²) in [6, 6.07) is 1.81. The van der Waals surface area contributed by atoms with Crippen molar-refractivity contribution in [2.75, 3.05) is 27.2 Å². The summed E-state index contributed by atoms with van der Waals surface area (Å²) in [6.07, 6.45) is 1.41. The molecule has 2 heteroatoms. The molecule has 0 amide bonds. The predicted octanol–water partition coefficient (Wildman–Crippen LogP) is 2.06. The fourth-order valence-corrected chi connectivity index (χ4v) is 1.76. The van der Waals surface area contributed by atoms with Crippen LogP contribution in [0.1, 0.15) is 34.1 Å². The van der Waals surface area contributed by atoms with Crippen LogP contribution >= 0.6 is 0 Å². The number of hydrogen-bond donors (Lipinski definition) is 0. The van der Waals surface area contributed by atoms with Crippen molar-refractivity contribution in [3.63, 3.8) is 0 Å². The second kappa shape index (κ2) is 6.39. The van der Waals surface area contributed by atoms with Gasteiger partial charge >= 0.3 is 0 Å². The van der Waals surface area contributed by atoms with Gasteiger partial charge in [-0.3, -0.25) is 0 Å². The molecule has 2 fully saturated rings. The summed E-state index contributed by atoms with van der Waals surface area (Å²) in [6.45, 7) is 10.5. The molecule has 0 radical (unpaired) electrons. The van der Waals surface area contributed by atoms with Crippen molar-refractivity contribution in [3.8, 4) is 0 Å². The lowest BCUT2D eigenvalue weighted by Gasteiger charge is -2.28. The molecule has 1 heterocycles. The fraction of sp³-hybridized carbons (Fsp3) is 1.00. The normalized spacial score (nSPS) is 31.8. The van der Waals surface area contributed by atoms with Crippen LogP contribution in [0.5, 0.6) is 0 Å². The number of nitrogens with zero attached hydrogens (tertiary/aromatic N) is 2. The number of rotatable bonds is 0. The van der Waals surface area contributed by atoms with Gasteiger partial charge in [0.15, 0.2) is 0 Å². The molecule has 2 atom stereocenters. The SMILES string of the molecule is CC.CC.CN1CCN(C)C2CC21. The Labute approximate surface area is 83.9 Å². The molecule has 1 aliphatic carbocycles. The van der Waals surface area contributed by atoms with Gasteiger partial charge in [-0.1, -0.05) is 27.7 Å². The van der Waals surface area contributed by atoms with Crippen molar-refractivity contribution in [1.82, 2.24) is 9.80 Å². The lowest BCUT2D eigenvalue weighted by Crippen LogP contribution is -2.42. The van der Waals surface area contributed by atoms with Crippen LogP contribution in [0.25, 0.3) is 0 Å². The van der Waals surface area contributed by atoms with Crippen LogP contribution in [0.3, 0.4) is 0 Å². The third-order valence-electron chi connectivity index (χ3n) is 2.66. The van der Waals surface area contributed by atoms with Crippen LogP contribution in [0.15, 0.2) is 0 Å². The highest BCUT2D eigenvalue weighted by Gasteiger charge is 2.45. The third-order valence-corrected chi connectivity index (χ3v) is 2.66. The van der Waals surface area contributed by atoms with Gasteiger partial charge < -0.3 is 9.80 Å². The molecule has 2 unspecified atom stereocenters. The Hall–Kier alpha value is -0.0800. The minimum atomic E-state index is 0.906. The van der Waals surface area contributed by atoms with Gasteiger partial charge in [-0.25, -0.2) is 0 Å². The molecule has 2 rings (SSSR count). The minimum Gasteiger partial charge on any atom is -0.301 e. The van der Waals surface area contributed by atoms with E-state index in [0.29, 0.717) is 0 Å². The maximum atomic E-state index is 2.48. The van der Waals surface area contributed by atoms with Gasteiger partial charge in [0.05, 0.1) is 0 Å². The van der Waals surface area contributed by atoms with Gasteiger partial charge in [0, 0.05) is 25.2 Å². The van der Waals surface area contributed by atoms with E-state index >= 15 is 0 Å². The Balaban J connectivity index is 0.000000322. The molecular formula is C11H26N2. The highest BCUT2D eigenvalue weighted by Crippen LogP contribution is 2.34. The summed E-state index contributed by atoms with van der Waals surface area (Å²) in [5.41, 5.74) is 0. The Kier molecular flexibility index (Phi) is 6.35. The first kappa shape index (κ1) is 12.9. The second-order valence-electron chi connectivity index (χ2n) is 3.33. The zero-order valence-corrected chi connectivity index (χ0v) is 10.2. The van der Waals surface area contributed by atoms with E-state index in [2.05, 4.69) is 23.9 Å². The molecule has 1 saturated heterocycles. The van der Waals surface area contributed by atoms with E-state index in [1.165, 1.54) is 19.5 Å². The van der Waals surface area contributed by atoms with Crippen molar-refractivity contribution in [1.29, 1.82) is 0 Å². The first-order chi connectivity index (χ1) is 6.29.